The second-order valence-electron chi connectivity index (χ2n) is 3.94. The zero-order valence-electron chi connectivity index (χ0n) is 11.2. The molecule has 1 aromatic rings. The van der Waals surface area contributed by atoms with Crippen molar-refractivity contribution in [3.8, 4) is 0 Å². The van der Waals surface area contributed by atoms with Gasteiger partial charge >= 0.3 is 5.97 Å². The summed E-state index contributed by atoms with van der Waals surface area (Å²) in [5, 5.41) is 3.06. The maximum atomic E-state index is 11.8. The van der Waals surface area contributed by atoms with Gasteiger partial charge in [0.25, 0.3) is 0 Å². The monoisotopic (exact) mass is 329 g/mol. The van der Waals surface area contributed by atoms with Crippen LogP contribution in [0.25, 0.3) is 0 Å². The lowest BCUT2D eigenvalue weighted by molar-refractivity contribution is -0.140. The molecule has 0 aliphatic carbocycles. The lowest BCUT2D eigenvalue weighted by atomic mass is 10.1. The number of ether oxygens (including phenoxy) is 1. The van der Waals surface area contributed by atoms with Crippen LogP contribution in [0.15, 0.2) is 30.4 Å². The van der Waals surface area contributed by atoms with Crippen molar-refractivity contribution in [3.05, 3.63) is 46.0 Å². The van der Waals surface area contributed by atoms with Gasteiger partial charge in [0.2, 0.25) is 5.91 Å². The maximum Gasteiger partial charge on any atom is 0.307 e. The van der Waals surface area contributed by atoms with Crippen LogP contribution in [0.2, 0.25) is 10.0 Å². The summed E-state index contributed by atoms with van der Waals surface area (Å²) in [6, 6.07) is 4.43. The van der Waals surface area contributed by atoms with Crippen LogP contribution >= 0.6 is 23.2 Å². The molecule has 1 amide bonds. The third-order valence-corrected chi connectivity index (χ3v) is 3.19. The first-order valence-corrected chi connectivity index (χ1v) is 6.71. The van der Waals surface area contributed by atoms with E-state index in [4.69, 9.17) is 23.2 Å². The Morgan fingerprint density at radius 3 is 2.52 bits per heavy atom. The van der Waals surface area contributed by atoms with Crippen LogP contribution in [-0.2, 0) is 14.3 Å². The number of hydrogen-bond acceptors (Lipinski definition) is 4. The Morgan fingerprint density at radius 1 is 1.19 bits per heavy atom. The Bertz CT molecular complexity index is 584. The van der Waals surface area contributed by atoms with Crippen molar-refractivity contribution in [3.63, 3.8) is 0 Å². The summed E-state index contributed by atoms with van der Waals surface area (Å²) in [4.78, 5) is 34.1. The third-order valence-electron chi connectivity index (χ3n) is 2.45. The van der Waals surface area contributed by atoms with Gasteiger partial charge in [-0.3, -0.25) is 14.4 Å². The Balaban J connectivity index is 2.51. The fourth-order valence-electron chi connectivity index (χ4n) is 1.35. The molecule has 0 saturated heterocycles. The van der Waals surface area contributed by atoms with Crippen molar-refractivity contribution in [1.29, 1.82) is 0 Å². The molecule has 0 aliphatic rings. The summed E-state index contributed by atoms with van der Waals surface area (Å²) < 4.78 is 4.42. The van der Waals surface area contributed by atoms with Crippen LogP contribution in [0.5, 0.6) is 0 Å². The fraction of sp³-hybridized carbons (Fsp3) is 0.214. The smallest absolute Gasteiger partial charge is 0.307 e. The van der Waals surface area contributed by atoms with Crippen molar-refractivity contribution in [1.82, 2.24) is 5.32 Å². The number of amides is 1. The summed E-state index contributed by atoms with van der Waals surface area (Å²) in [5.41, 5.74) is 0.322. The number of hydrogen-bond donors (Lipinski definition) is 1. The highest BCUT2D eigenvalue weighted by Crippen LogP contribution is 2.22. The highest BCUT2D eigenvalue weighted by Gasteiger charge is 2.06. The van der Waals surface area contributed by atoms with Crippen LogP contribution in [-0.4, -0.2) is 31.3 Å². The summed E-state index contributed by atoms with van der Waals surface area (Å²) >= 11 is 11.5. The van der Waals surface area contributed by atoms with Gasteiger partial charge in [-0.05, 0) is 24.3 Å². The topological polar surface area (TPSA) is 72.5 Å². The summed E-state index contributed by atoms with van der Waals surface area (Å²) in [5.74, 6) is -1.28. The first-order valence-electron chi connectivity index (χ1n) is 5.96. The molecule has 0 aliphatic heterocycles. The van der Waals surface area contributed by atoms with Crippen LogP contribution in [0.4, 0.5) is 0 Å². The third kappa shape index (κ3) is 5.97. The number of rotatable bonds is 6. The van der Waals surface area contributed by atoms with E-state index in [2.05, 4.69) is 10.1 Å². The molecule has 0 fully saturated rings. The number of halogens is 2. The molecular formula is C14H13Cl2NO4. The van der Waals surface area contributed by atoms with E-state index in [0.29, 0.717) is 10.6 Å². The standard InChI is InChI=1S/C14H13Cl2NO4/c1-21-14(20)6-7-17-13(19)5-4-12(18)9-2-3-10(15)11(16)8-9/h2-5,8H,6-7H2,1H3,(H,17,19)/b5-4+. The Hall–Kier alpha value is -1.85. The summed E-state index contributed by atoms with van der Waals surface area (Å²) in [6.07, 6.45) is 2.27. The molecule has 0 saturated carbocycles. The van der Waals surface area contributed by atoms with Crippen molar-refractivity contribution in [2.75, 3.05) is 13.7 Å². The van der Waals surface area contributed by atoms with Gasteiger partial charge in [0.15, 0.2) is 5.78 Å². The van der Waals surface area contributed by atoms with Gasteiger partial charge < -0.3 is 10.1 Å². The molecule has 7 heteroatoms. The molecule has 21 heavy (non-hydrogen) atoms. The number of carbonyl (C=O) groups excluding carboxylic acids is 3. The van der Waals surface area contributed by atoms with E-state index in [1.165, 1.54) is 25.3 Å². The minimum atomic E-state index is -0.479. The Labute approximate surface area is 131 Å². The fourth-order valence-corrected chi connectivity index (χ4v) is 1.64. The van der Waals surface area contributed by atoms with Gasteiger partial charge in [-0.1, -0.05) is 23.2 Å². The van der Waals surface area contributed by atoms with E-state index in [-0.39, 0.29) is 23.8 Å². The maximum absolute atomic E-state index is 11.8. The minimum Gasteiger partial charge on any atom is -0.469 e. The molecule has 1 N–H and O–H groups in total. The van der Waals surface area contributed by atoms with Gasteiger partial charge in [-0.2, -0.15) is 0 Å². The molecule has 0 aromatic heterocycles. The number of esters is 1. The van der Waals surface area contributed by atoms with E-state index in [1.54, 1.807) is 0 Å². The number of nitrogens with one attached hydrogen (secondary N) is 1. The van der Waals surface area contributed by atoms with Crippen molar-refractivity contribution in [2.24, 2.45) is 0 Å². The molecule has 0 unspecified atom stereocenters. The van der Waals surface area contributed by atoms with Gasteiger partial charge in [0.1, 0.15) is 0 Å². The average molecular weight is 330 g/mol. The second-order valence-corrected chi connectivity index (χ2v) is 4.76. The van der Waals surface area contributed by atoms with Crippen molar-refractivity contribution >= 4 is 40.9 Å². The lowest BCUT2D eigenvalue weighted by Gasteiger charge is -2.01. The SMILES string of the molecule is COC(=O)CCNC(=O)/C=C/C(=O)c1ccc(Cl)c(Cl)c1. The molecule has 0 radical (unpaired) electrons. The van der Waals surface area contributed by atoms with Gasteiger partial charge in [-0.15, -0.1) is 0 Å². The van der Waals surface area contributed by atoms with Crippen molar-refractivity contribution < 1.29 is 19.1 Å². The summed E-state index contributed by atoms with van der Waals surface area (Å²) in [6.45, 7) is 0.136. The van der Waals surface area contributed by atoms with Gasteiger partial charge in [-0.25, -0.2) is 0 Å². The van der Waals surface area contributed by atoms with Crippen LogP contribution in [0.1, 0.15) is 16.8 Å². The molecule has 0 atom stereocenters. The average Bonchev–Trinajstić information content (AvgIpc) is 2.47. The molecule has 1 rings (SSSR count). The van der Waals surface area contributed by atoms with E-state index in [9.17, 15) is 14.4 Å². The number of allylic oxidation sites excluding steroid dienone is 1. The first-order chi connectivity index (χ1) is 9.93. The number of methoxy groups -OCH3 is 1. The summed E-state index contributed by atoms with van der Waals surface area (Å²) in [7, 11) is 1.26. The van der Waals surface area contributed by atoms with E-state index in [1.807, 2.05) is 0 Å². The molecule has 1 aromatic carbocycles. The highest BCUT2D eigenvalue weighted by molar-refractivity contribution is 6.42. The van der Waals surface area contributed by atoms with Gasteiger partial charge in [0.05, 0.1) is 23.6 Å². The van der Waals surface area contributed by atoms with E-state index in [0.717, 1.165) is 12.2 Å². The Morgan fingerprint density at radius 2 is 1.90 bits per heavy atom. The zero-order chi connectivity index (χ0) is 15.8. The zero-order valence-corrected chi connectivity index (χ0v) is 12.7. The molecule has 0 bridgehead atoms. The van der Waals surface area contributed by atoms with Crippen LogP contribution in [0.3, 0.4) is 0 Å². The number of ketones is 1. The van der Waals surface area contributed by atoms with Gasteiger partial charge in [0, 0.05) is 18.2 Å². The van der Waals surface area contributed by atoms with E-state index >= 15 is 0 Å². The first kappa shape index (κ1) is 17.2. The molecule has 0 heterocycles. The predicted octanol–water partition coefficient (Wildman–Crippen LogP) is 2.41. The largest absolute Gasteiger partial charge is 0.469 e. The minimum absolute atomic E-state index is 0.0663. The number of benzene rings is 1. The van der Waals surface area contributed by atoms with Crippen LogP contribution < -0.4 is 5.32 Å². The van der Waals surface area contributed by atoms with E-state index < -0.39 is 11.9 Å². The number of carbonyl (C=O) groups is 3. The second kappa shape index (κ2) is 8.44. The normalized spacial score (nSPS) is 10.4. The Kier molecular flexibility index (Phi) is 6.91. The highest BCUT2D eigenvalue weighted by atomic mass is 35.5. The molecule has 5 nitrogen and oxygen atoms in total. The predicted molar refractivity (Wildman–Crippen MR) is 79.6 cm³/mol. The molecule has 112 valence electrons. The molecule has 0 spiro atoms. The quantitative estimate of drug-likeness (QED) is 0.494. The van der Waals surface area contributed by atoms with Crippen molar-refractivity contribution in [2.45, 2.75) is 6.42 Å². The molecular weight excluding hydrogens is 317 g/mol. The van der Waals surface area contributed by atoms with Crippen LogP contribution in [0, 0.1) is 0 Å². The lowest BCUT2D eigenvalue weighted by Crippen LogP contribution is -2.24.